The van der Waals surface area contributed by atoms with E-state index in [1.165, 1.54) is 0 Å². The zero-order valence-electron chi connectivity index (χ0n) is 14.0. The first-order chi connectivity index (χ1) is 11.0. The number of rotatable bonds is 4. The van der Waals surface area contributed by atoms with Gasteiger partial charge in [0.2, 0.25) is 5.13 Å². The van der Waals surface area contributed by atoms with Gasteiger partial charge in [-0.05, 0) is 30.9 Å². The highest BCUT2D eigenvalue weighted by atomic mass is 32.1. The molecule has 6 heteroatoms. The number of aromatic nitrogens is 3. The molecule has 0 aliphatic carbocycles. The molecule has 2 aromatic rings. The zero-order valence-corrected chi connectivity index (χ0v) is 14.8. The molecule has 1 saturated heterocycles. The molecule has 3 rings (SSSR count). The van der Waals surface area contributed by atoms with E-state index in [1.54, 1.807) is 23.7 Å². The average molecular weight is 332 g/mol. The SMILES string of the molecule is CC(C)(C)c1nnc(N2CCC(COc3ccncc3)CC2)s1. The predicted molar refractivity (Wildman–Crippen MR) is 93.3 cm³/mol. The molecule has 1 aliphatic rings. The molecule has 1 aliphatic heterocycles. The van der Waals surface area contributed by atoms with Crippen molar-refractivity contribution in [1.29, 1.82) is 0 Å². The minimum Gasteiger partial charge on any atom is -0.493 e. The van der Waals surface area contributed by atoms with Gasteiger partial charge in [0.25, 0.3) is 0 Å². The molecule has 0 atom stereocenters. The van der Waals surface area contributed by atoms with Gasteiger partial charge in [0, 0.05) is 30.9 Å². The number of ether oxygens (including phenoxy) is 1. The maximum Gasteiger partial charge on any atom is 0.208 e. The first-order valence-electron chi connectivity index (χ1n) is 8.14. The molecular weight excluding hydrogens is 308 g/mol. The molecule has 0 radical (unpaired) electrons. The molecular formula is C17H24N4OS. The average Bonchev–Trinajstić information content (AvgIpc) is 3.05. The van der Waals surface area contributed by atoms with Crippen molar-refractivity contribution < 1.29 is 4.74 Å². The molecule has 124 valence electrons. The lowest BCUT2D eigenvalue weighted by Crippen LogP contribution is -2.35. The van der Waals surface area contributed by atoms with Crippen LogP contribution in [0, 0.1) is 5.92 Å². The molecule has 0 N–H and O–H groups in total. The fraction of sp³-hybridized carbons (Fsp3) is 0.588. The fourth-order valence-electron chi connectivity index (χ4n) is 2.59. The second-order valence-electron chi connectivity index (χ2n) is 7.06. The van der Waals surface area contributed by atoms with Crippen LogP contribution in [0.15, 0.2) is 24.5 Å². The second-order valence-corrected chi connectivity index (χ2v) is 8.02. The molecule has 3 heterocycles. The molecule has 0 unspecified atom stereocenters. The summed E-state index contributed by atoms with van der Waals surface area (Å²) in [6.45, 7) is 9.38. The summed E-state index contributed by atoms with van der Waals surface area (Å²) in [6, 6.07) is 3.81. The van der Waals surface area contributed by atoms with E-state index < -0.39 is 0 Å². The van der Waals surface area contributed by atoms with Crippen molar-refractivity contribution >= 4 is 16.5 Å². The normalized spacial score (nSPS) is 16.6. The van der Waals surface area contributed by atoms with Gasteiger partial charge in [-0.1, -0.05) is 32.1 Å². The zero-order chi connectivity index (χ0) is 16.3. The molecule has 23 heavy (non-hydrogen) atoms. The van der Waals surface area contributed by atoms with Crippen molar-refractivity contribution in [3.05, 3.63) is 29.5 Å². The van der Waals surface area contributed by atoms with Crippen molar-refractivity contribution in [3.8, 4) is 5.75 Å². The summed E-state index contributed by atoms with van der Waals surface area (Å²) in [5, 5.41) is 10.9. The minimum atomic E-state index is 0.0760. The van der Waals surface area contributed by atoms with Crippen LogP contribution < -0.4 is 9.64 Å². The van der Waals surface area contributed by atoms with Crippen LogP contribution in [0.25, 0.3) is 0 Å². The Morgan fingerprint density at radius 1 is 1.17 bits per heavy atom. The van der Waals surface area contributed by atoms with Crippen molar-refractivity contribution in [2.75, 3.05) is 24.6 Å². The summed E-state index contributed by atoms with van der Waals surface area (Å²) in [5.41, 5.74) is 0.0760. The second kappa shape index (κ2) is 6.83. The Morgan fingerprint density at radius 2 is 1.87 bits per heavy atom. The van der Waals surface area contributed by atoms with E-state index in [4.69, 9.17) is 4.74 Å². The number of hydrogen-bond acceptors (Lipinski definition) is 6. The van der Waals surface area contributed by atoms with Gasteiger partial charge in [0.15, 0.2) is 0 Å². The van der Waals surface area contributed by atoms with Gasteiger partial charge in [-0.2, -0.15) is 0 Å². The number of nitrogens with zero attached hydrogens (tertiary/aromatic N) is 4. The largest absolute Gasteiger partial charge is 0.493 e. The predicted octanol–water partition coefficient (Wildman–Crippen LogP) is 3.53. The van der Waals surface area contributed by atoms with Crippen molar-refractivity contribution in [2.24, 2.45) is 5.92 Å². The smallest absolute Gasteiger partial charge is 0.208 e. The lowest BCUT2D eigenvalue weighted by Gasteiger charge is -2.31. The Morgan fingerprint density at radius 3 is 2.48 bits per heavy atom. The van der Waals surface area contributed by atoms with Gasteiger partial charge in [0.1, 0.15) is 10.8 Å². The fourth-order valence-corrected chi connectivity index (χ4v) is 3.54. The standard InChI is InChI=1S/C17H24N4OS/c1-17(2,3)15-19-20-16(23-15)21-10-6-13(7-11-21)12-22-14-4-8-18-9-5-14/h4-5,8-9,13H,6-7,10-12H2,1-3H3. The number of piperidine rings is 1. The third-order valence-electron chi connectivity index (χ3n) is 4.08. The Balaban J connectivity index is 1.49. The van der Waals surface area contributed by atoms with E-state index in [-0.39, 0.29) is 5.41 Å². The van der Waals surface area contributed by atoms with Crippen LogP contribution in [0.1, 0.15) is 38.6 Å². The van der Waals surface area contributed by atoms with Crippen molar-refractivity contribution in [2.45, 2.75) is 39.0 Å². The molecule has 0 bridgehead atoms. The monoisotopic (exact) mass is 332 g/mol. The quantitative estimate of drug-likeness (QED) is 0.857. The van der Waals surface area contributed by atoms with Crippen molar-refractivity contribution in [3.63, 3.8) is 0 Å². The van der Waals surface area contributed by atoms with E-state index >= 15 is 0 Å². The Bertz CT molecular complexity index is 615. The molecule has 0 aromatic carbocycles. The molecule has 5 nitrogen and oxygen atoms in total. The van der Waals surface area contributed by atoms with Gasteiger partial charge in [-0.25, -0.2) is 0 Å². The molecule has 0 spiro atoms. The first-order valence-corrected chi connectivity index (χ1v) is 8.96. The molecule has 0 amide bonds. The number of hydrogen-bond donors (Lipinski definition) is 0. The Labute approximate surface area is 141 Å². The maximum absolute atomic E-state index is 5.85. The van der Waals surface area contributed by atoms with Crippen LogP contribution in [0.4, 0.5) is 5.13 Å². The van der Waals surface area contributed by atoms with Gasteiger partial charge in [-0.3, -0.25) is 4.98 Å². The van der Waals surface area contributed by atoms with Crippen LogP contribution in [0.3, 0.4) is 0 Å². The van der Waals surface area contributed by atoms with Crippen LogP contribution >= 0.6 is 11.3 Å². The summed E-state index contributed by atoms with van der Waals surface area (Å²) >= 11 is 1.72. The summed E-state index contributed by atoms with van der Waals surface area (Å²) in [4.78, 5) is 6.36. The number of pyridine rings is 1. The Hall–Kier alpha value is -1.69. The Kier molecular flexibility index (Phi) is 4.80. The van der Waals surface area contributed by atoms with E-state index in [1.807, 2.05) is 12.1 Å². The lowest BCUT2D eigenvalue weighted by atomic mass is 9.98. The van der Waals surface area contributed by atoms with E-state index in [0.717, 1.165) is 48.4 Å². The highest BCUT2D eigenvalue weighted by molar-refractivity contribution is 7.15. The summed E-state index contributed by atoms with van der Waals surface area (Å²) in [6.07, 6.45) is 5.80. The molecule has 2 aromatic heterocycles. The third-order valence-corrected chi connectivity index (χ3v) is 5.49. The summed E-state index contributed by atoms with van der Waals surface area (Å²) in [5.74, 6) is 1.51. The molecule has 0 saturated carbocycles. The van der Waals surface area contributed by atoms with E-state index in [0.29, 0.717) is 5.92 Å². The van der Waals surface area contributed by atoms with Gasteiger partial charge in [0.05, 0.1) is 6.61 Å². The van der Waals surface area contributed by atoms with Crippen LogP contribution in [-0.2, 0) is 5.41 Å². The summed E-state index contributed by atoms with van der Waals surface area (Å²) in [7, 11) is 0. The van der Waals surface area contributed by atoms with E-state index in [9.17, 15) is 0 Å². The summed E-state index contributed by atoms with van der Waals surface area (Å²) < 4.78 is 5.85. The van der Waals surface area contributed by atoms with Gasteiger partial charge >= 0.3 is 0 Å². The van der Waals surface area contributed by atoms with E-state index in [2.05, 4.69) is 40.9 Å². The maximum atomic E-state index is 5.85. The number of anilines is 1. The van der Waals surface area contributed by atoms with Crippen LogP contribution in [0.2, 0.25) is 0 Å². The minimum absolute atomic E-state index is 0.0760. The highest BCUT2D eigenvalue weighted by Gasteiger charge is 2.25. The highest BCUT2D eigenvalue weighted by Crippen LogP contribution is 2.31. The van der Waals surface area contributed by atoms with Crippen molar-refractivity contribution in [1.82, 2.24) is 15.2 Å². The van der Waals surface area contributed by atoms with Crippen LogP contribution in [-0.4, -0.2) is 34.9 Å². The molecule has 1 fully saturated rings. The van der Waals surface area contributed by atoms with Crippen LogP contribution in [0.5, 0.6) is 5.75 Å². The topological polar surface area (TPSA) is 51.1 Å². The van der Waals surface area contributed by atoms with Gasteiger partial charge < -0.3 is 9.64 Å². The third kappa shape index (κ3) is 4.19. The first kappa shape index (κ1) is 16.2. The lowest BCUT2D eigenvalue weighted by molar-refractivity contribution is 0.222. The van der Waals surface area contributed by atoms with Gasteiger partial charge in [-0.15, -0.1) is 10.2 Å².